The van der Waals surface area contributed by atoms with Gasteiger partial charge in [0.1, 0.15) is 23.9 Å². The largest absolute Gasteiger partial charge is 0.842 e. The summed E-state index contributed by atoms with van der Waals surface area (Å²) in [5.74, 6) is -0.454. The summed E-state index contributed by atoms with van der Waals surface area (Å²) in [6.07, 6.45) is -0.893. The highest BCUT2D eigenvalue weighted by atomic mass is 35.5. The lowest BCUT2D eigenvalue weighted by molar-refractivity contribution is -0.708. The average Bonchev–Trinajstić information content (AvgIpc) is 2.96. The van der Waals surface area contributed by atoms with Crippen LogP contribution in [-0.4, -0.2) is 28.4 Å². The number of pyridine rings is 2. The molecular formula is C30H22ClF3N4O3. The lowest BCUT2D eigenvalue weighted by atomic mass is 9.99. The quantitative estimate of drug-likeness (QED) is 0.0812. The summed E-state index contributed by atoms with van der Waals surface area (Å²) in [6, 6.07) is 22.7. The van der Waals surface area contributed by atoms with Gasteiger partial charge in [0.05, 0.1) is 24.7 Å². The highest BCUT2D eigenvalue weighted by molar-refractivity contribution is 6.29. The average molecular weight is 579 g/mol. The molecule has 0 N–H and O–H groups in total. The molecule has 0 aliphatic heterocycles. The van der Waals surface area contributed by atoms with Gasteiger partial charge in [0, 0.05) is 17.8 Å². The number of alkyl halides is 3. The highest BCUT2D eigenvalue weighted by Crippen LogP contribution is 2.28. The van der Waals surface area contributed by atoms with Crippen LogP contribution in [0.4, 0.5) is 13.2 Å². The first-order valence-corrected chi connectivity index (χ1v) is 12.8. The van der Waals surface area contributed by atoms with Crippen molar-refractivity contribution in [2.75, 3.05) is 6.61 Å². The van der Waals surface area contributed by atoms with Crippen molar-refractivity contribution in [3.05, 3.63) is 118 Å². The molecule has 3 heterocycles. The van der Waals surface area contributed by atoms with E-state index in [1.807, 2.05) is 12.1 Å². The van der Waals surface area contributed by atoms with Gasteiger partial charge in [-0.2, -0.15) is 17.6 Å². The van der Waals surface area contributed by atoms with Crippen molar-refractivity contribution in [3.8, 4) is 28.1 Å². The molecule has 0 saturated heterocycles. The third-order valence-electron chi connectivity index (χ3n) is 6.26. The predicted octanol–water partition coefficient (Wildman–Crippen LogP) is 5.39. The predicted molar refractivity (Wildman–Crippen MR) is 147 cm³/mol. The van der Waals surface area contributed by atoms with E-state index in [0.29, 0.717) is 21.9 Å². The number of aromatic nitrogens is 3. The third-order valence-corrected chi connectivity index (χ3v) is 6.48. The van der Waals surface area contributed by atoms with Gasteiger partial charge in [-0.05, 0) is 46.5 Å². The van der Waals surface area contributed by atoms with E-state index in [0.717, 1.165) is 16.7 Å². The SMILES string of the molecule is O=c1c(-c2cccc(-c3cccc(/C=N/OCCC(F)(F)F)c3)c2)c([O-])[n+](Cc2ccc(Cl)nc2)c2ccccn12. The van der Waals surface area contributed by atoms with Crippen LogP contribution in [-0.2, 0) is 11.4 Å². The maximum absolute atomic E-state index is 13.8. The van der Waals surface area contributed by atoms with E-state index in [1.165, 1.54) is 15.2 Å². The van der Waals surface area contributed by atoms with Crippen molar-refractivity contribution >= 4 is 23.5 Å². The van der Waals surface area contributed by atoms with E-state index in [1.54, 1.807) is 79.1 Å². The fourth-order valence-electron chi connectivity index (χ4n) is 4.32. The van der Waals surface area contributed by atoms with Gasteiger partial charge < -0.3 is 9.94 Å². The molecule has 5 rings (SSSR count). The van der Waals surface area contributed by atoms with Crippen LogP contribution >= 0.6 is 11.6 Å². The van der Waals surface area contributed by atoms with Crippen LogP contribution in [0.5, 0.6) is 5.88 Å². The highest BCUT2D eigenvalue weighted by Gasteiger charge is 2.26. The first-order chi connectivity index (χ1) is 19.7. The minimum absolute atomic E-state index is 0.00764. The van der Waals surface area contributed by atoms with Crippen LogP contribution < -0.4 is 15.2 Å². The molecule has 0 aliphatic carbocycles. The maximum atomic E-state index is 13.8. The Bertz CT molecular complexity index is 1790. The van der Waals surface area contributed by atoms with Crippen LogP contribution in [0.2, 0.25) is 5.15 Å². The van der Waals surface area contributed by atoms with Crippen LogP contribution in [0.1, 0.15) is 17.5 Å². The summed E-state index contributed by atoms with van der Waals surface area (Å²) < 4.78 is 39.8. The van der Waals surface area contributed by atoms with E-state index in [4.69, 9.17) is 16.4 Å². The number of benzene rings is 2. The van der Waals surface area contributed by atoms with Crippen molar-refractivity contribution in [1.29, 1.82) is 0 Å². The molecule has 11 heteroatoms. The van der Waals surface area contributed by atoms with Crippen LogP contribution in [0.25, 0.3) is 27.9 Å². The van der Waals surface area contributed by atoms with Crippen molar-refractivity contribution in [2.24, 2.45) is 5.16 Å². The Morgan fingerprint density at radius 2 is 1.76 bits per heavy atom. The van der Waals surface area contributed by atoms with Crippen molar-refractivity contribution in [3.63, 3.8) is 0 Å². The minimum atomic E-state index is -4.32. The number of nitrogens with zero attached hydrogens (tertiary/aromatic N) is 4. The molecular weight excluding hydrogens is 557 g/mol. The van der Waals surface area contributed by atoms with Crippen molar-refractivity contribution in [2.45, 2.75) is 19.1 Å². The normalized spacial score (nSPS) is 11.8. The summed E-state index contributed by atoms with van der Waals surface area (Å²) >= 11 is 5.92. The van der Waals surface area contributed by atoms with Gasteiger partial charge in [0.25, 0.3) is 5.65 Å². The molecule has 7 nitrogen and oxygen atoms in total. The lowest BCUT2D eigenvalue weighted by Gasteiger charge is -2.17. The topological polar surface area (TPSA) is 82.9 Å². The molecule has 0 saturated carbocycles. The Morgan fingerprint density at radius 1 is 1.00 bits per heavy atom. The molecule has 2 aromatic carbocycles. The monoisotopic (exact) mass is 578 g/mol. The maximum Gasteiger partial charge on any atom is 0.392 e. The Balaban J connectivity index is 1.50. The van der Waals surface area contributed by atoms with Gasteiger partial charge in [-0.3, -0.25) is 0 Å². The molecule has 0 amide bonds. The zero-order valence-corrected chi connectivity index (χ0v) is 22.1. The first kappa shape index (κ1) is 27.9. The van der Waals surface area contributed by atoms with Gasteiger partial charge in [-0.25, -0.2) is 14.3 Å². The number of fused-ring (bicyclic) bond motifs is 1. The zero-order valence-electron chi connectivity index (χ0n) is 21.4. The summed E-state index contributed by atoms with van der Waals surface area (Å²) in [5, 5.41) is 17.8. The number of halogens is 4. The van der Waals surface area contributed by atoms with Crippen molar-refractivity contribution < 1.29 is 27.7 Å². The lowest BCUT2D eigenvalue weighted by Crippen LogP contribution is -2.44. The fraction of sp³-hybridized carbons (Fsp3) is 0.133. The minimum Gasteiger partial charge on any atom is -0.842 e. The number of hydrogen-bond donors (Lipinski definition) is 0. The molecule has 0 unspecified atom stereocenters. The Labute approximate surface area is 237 Å². The summed E-state index contributed by atoms with van der Waals surface area (Å²) in [4.78, 5) is 22.4. The second-order valence-corrected chi connectivity index (χ2v) is 9.52. The molecule has 0 radical (unpaired) electrons. The molecule has 208 valence electrons. The standard InChI is InChI=1S/C30H22ClF3N4O3/c31-25-11-10-21(17-35-25)19-38-26-9-1-2-13-37(26)28(39)27(29(38)40)24-8-4-7-23(16-24)22-6-3-5-20(15-22)18-36-41-14-12-30(32,33)34/h1-11,13,15-18H,12,14,19H2/b36-18+. The van der Waals surface area contributed by atoms with Crippen LogP contribution in [0.3, 0.4) is 0 Å². The van der Waals surface area contributed by atoms with E-state index < -0.39 is 30.6 Å². The fourth-order valence-corrected chi connectivity index (χ4v) is 4.44. The molecule has 3 aromatic heterocycles. The van der Waals surface area contributed by atoms with Gasteiger partial charge in [-0.15, -0.1) is 0 Å². The molecule has 0 aliphatic rings. The molecule has 5 aromatic rings. The Morgan fingerprint density at radius 3 is 2.51 bits per heavy atom. The van der Waals surface area contributed by atoms with Crippen LogP contribution in [0, 0.1) is 0 Å². The number of oxime groups is 1. The number of hydrogen-bond acceptors (Lipinski definition) is 5. The van der Waals surface area contributed by atoms with Gasteiger partial charge in [0.15, 0.2) is 0 Å². The molecule has 0 fully saturated rings. The second-order valence-electron chi connectivity index (χ2n) is 9.13. The number of rotatable bonds is 8. The van der Waals surface area contributed by atoms with E-state index in [2.05, 4.69) is 10.1 Å². The Kier molecular flexibility index (Phi) is 8.02. The van der Waals surface area contributed by atoms with E-state index >= 15 is 0 Å². The van der Waals surface area contributed by atoms with Gasteiger partial charge in [0.2, 0.25) is 0 Å². The third kappa shape index (κ3) is 6.55. The van der Waals surface area contributed by atoms with Gasteiger partial charge in [-0.1, -0.05) is 65.3 Å². The summed E-state index contributed by atoms with van der Waals surface area (Å²) in [7, 11) is 0. The Hall–Kier alpha value is -4.70. The molecule has 41 heavy (non-hydrogen) atoms. The van der Waals surface area contributed by atoms with E-state index in [9.17, 15) is 23.1 Å². The van der Waals surface area contributed by atoms with Crippen molar-refractivity contribution in [1.82, 2.24) is 9.38 Å². The first-order valence-electron chi connectivity index (χ1n) is 12.5. The summed E-state index contributed by atoms with van der Waals surface area (Å²) in [5.41, 5.74) is 3.24. The second kappa shape index (κ2) is 11.8. The molecule has 0 spiro atoms. The molecule has 0 atom stereocenters. The summed E-state index contributed by atoms with van der Waals surface area (Å²) in [6.45, 7) is -0.398. The molecule has 0 bridgehead atoms. The van der Waals surface area contributed by atoms with Crippen LogP contribution in [0.15, 0.2) is 101 Å². The van der Waals surface area contributed by atoms with Gasteiger partial charge >= 0.3 is 11.7 Å². The smallest absolute Gasteiger partial charge is 0.392 e. The zero-order chi connectivity index (χ0) is 29.0. The van der Waals surface area contributed by atoms with E-state index in [-0.39, 0.29) is 12.1 Å².